The number of sulfonamides is 1. The lowest BCUT2D eigenvalue weighted by Gasteiger charge is -2.25. The summed E-state index contributed by atoms with van der Waals surface area (Å²) in [6, 6.07) is 1.16. The maximum Gasteiger partial charge on any atom is 0.358 e. The average molecular weight is 275 g/mol. The van der Waals surface area contributed by atoms with E-state index < -0.39 is 16.0 Å². The number of hydrogen-bond donors (Lipinski definition) is 1. The minimum atomic E-state index is -3.66. The third-order valence-electron chi connectivity index (χ3n) is 2.54. The average Bonchev–Trinajstić information content (AvgIpc) is 2.89. The molecular weight excluding hydrogens is 262 g/mol. The van der Waals surface area contributed by atoms with Crippen molar-refractivity contribution < 1.29 is 22.7 Å². The largest absolute Gasteiger partial charge is 0.464 e. The van der Waals surface area contributed by atoms with E-state index in [-0.39, 0.29) is 23.8 Å². The number of H-pyrrole nitrogens is 1. The van der Waals surface area contributed by atoms with Gasteiger partial charge in [-0.15, -0.1) is 0 Å². The summed E-state index contributed by atoms with van der Waals surface area (Å²) in [6.45, 7) is 1.29. The van der Waals surface area contributed by atoms with Crippen LogP contribution in [-0.2, 0) is 19.5 Å². The molecule has 2 rings (SSSR count). The molecule has 0 aromatic carbocycles. The number of esters is 1. The number of carbonyl (C=O) groups excluding carboxylic acids is 1. The molecule has 0 saturated carbocycles. The molecule has 1 N–H and O–H groups in total. The lowest BCUT2D eigenvalue weighted by atomic mass is 10.4. The van der Waals surface area contributed by atoms with Gasteiger partial charge in [-0.05, 0) is 0 Å². The van der Waals surface area contributed by atoms with E-state index in [9.17, 15) is 13.2 Å². The highest BCUT2D eigenvalue weighted by atomic mass is 32.2. The summed E-state index contributed by atoms with van der Waals surface area (Å²) in [7, 11) is -2.45. The van der Waals surface area contributed by atoms with Gasteiger partial charge in [0.05, 0.1) is 20.3 Å². The first kappa shape index (κ1) is 13.0. The van der Waals surface area contributed by atoms with E-state index in [4.69, 9.17) is 4.74 Å². The Morgan fingerprint density at radius 3 is 2.78 bits per heavy atom. The molecule has 1 aromatic heterocycles. The van der Waals surface area contributed by atoms with Gasteiger partial charge in [0.2, 0.25) is 0 Å². The van der Waals surface area contributed by atoms with Crippen molar-refractivity contribution in [1.82, 2.24) is 14.5 Å². The normalized spacial score (nSPS) is 17.6. The molecule has 2 heterocycles. The summed E-state index contributed by atoms with van der Waals surface area (Å²) in [5, 5.41) is 5.83. The molecule has 1 aliphatic heterocycles. The van der Waals surface area contributed by atoms with Crippen LogP contribution in [0.2, 0.25) is 0 Å². The molecule has 0 amide bonds. The number of ether oxygens (including phenoxy) is 2. The van der Waals surface area contributed by atoms with Gasteiger partial charge < -0.3 is 9.47 Å². The van der Waals surface area contributed by atoms with Gasteiger partial charge in [-0.25, -0.2) is 13.2 Å². The summed E-state index contributed by atoms with van der Waals surface area (Å²) in [5.74, 6) is -0.685. The van der Waals surface area contributed by atoms with Gasteiger partial charge in [0.15, 0.2) is 10.7 Å². The monoisotopic (exact) mass is 275 g/mol. The number of aromatic amines is 1. The molecule has 8 nitrogen and oxygen atoms in total. The van der Waals surface area contributed by atoms with Crippen LogP contribution >= 0.6 is 0 Å². The highest BCUT2D eigenvalue weighted by Crippen LogP contribution is 2.15. The zero-order valence-corrected chi connectivity index (χ0v) is 10.6. The van der Waals surface area contributed by atoms with Crippen LogP contribution in [0.4, 0.5) is 0 Å². The van der Waals surface area contributed by atoms with Gasteiger partial charge in [0.1, 0.15) is 0 Å². The molecule has 100 valence electrons. The van der Waals surface area contributed by atoms with Crippen molar-refractivity contribution >= 4 is 16.0 Å². The Kier molecular flexibility index (Phi) is 3.64. The maximum atomic E-state index is 12.2. The number of methoxy groups -OCH3 is 1. The highest BCUT2D eigenvalue weighted by Gasteiger charge is 2.29. The zero-order valence-electron chi connectivity index (χ0n) is 9.75. The Hall–Kier alpha value is -1.45. The second kappa shape index (κ2) is 5.04. The SMILES string of the molecule is COC(=O)c1cc(S(=O)(=O)N2CCOCC2)[nH]n1. The second-order valence-electron chi connectivity index (χ2n) is 3.63. The molecule has 0 bridgehead atoms. The predicted octanol–water partition coefficient (Wildman–Crippen LogP) is -0.783. The predicted molar refractivity (Wildman–Crippen MR) is 59.5 cm³/mol. The summed E-state index contributed by atoms with van der Waals surface area (Å²) in [4.78, 5) is 11.2. The Bertz CT molecular complexity index is 532. The molecule has 1 fully saturated rings. The second-order valence-corrected chi connectivity index (χ2v) is 5.53. The molecule has 1 aliphatic rings. The van der Waals surface area contributed by atoms with E-state index in [0.29, 0.717) is 13.2 Å². The fourth-order valence-electron chi connectivity index (χ4n) is 1.57. The molecule has 0 spiro atoms. The van der Waals surface area contributed by atoms with Gasteiger partial charge in [-0.3, -0.25) is 5.10 Å². The molecule has 1 saturated heterocycles. The lowest BCUT2D eigenvalue weighted by molar-refractivity contribution is 0.0594. The number of aromatic nitrogens is 2. The molecule has 0 unspecified atom stereocenters. The number of nitrogens with one attached hydrogen (secondary N) is 1. The molecule has 0 atom stereocenters. The molecule has 1 aromatic rings. The van der Waals surface area contributed by atoms with Crippen LogP contribution < -0.4 is 0 Å². The van der Waals surface area contributed by atoms with Crippen molar-refractivity contribution in [3.05, 3.63) is 11.8 Å². The van der Waals surface area contributed by atoms with Crippen molar-refractivity contribution in [2.45, 2.75) is 5.03 Å². The standard InChI is InChI=1S/C9H13N3O5S/c1-16-9(13)7-6-8(11-10-7)18(14,15)12-2-4-17-5-3-12/h6H,2-5H2,1H3,(H,10,11). The molecule has 0 radical (unpaired) electrons. The van der Waals surface area contributed by atoms with Crippen LogP contribution in [0, 0.1) is 0 Å². The van der Waals surface area contributed by atoms with E-state index in [2.05, 4.69) is 14.9 Å². The lowest BCUT2D eigenvalue weighted by Crippen LogP contribution is -2.40. The fraction of sp³-hybridized carbons (Fsp3) is 0.556. The first-order chi connectivity index (χ1) is 8.55. The van der Waals surface area contributed by atoms with Crippen LogP contribution in [0.25, 0.3) is 0 Å². The number of morpholine rings is 1. The summed E-state index contributed by atoms with van der Waals surface area (Å²) < 4.78 is 35.1. The highest BCUT2D eigenvalue weighted by molar-refractivity contribution is 7.89. The minimum absolute atomic E-state index is 0.0654. The quantitative estimate of drug-likeness (QED) is 0.726. The Morgan fingerprint density at radius 2 is 2.17 bits per heavy atom. The van der Waals surface area contributed by atoms with Gasteiger partial charge in [0, 0.05) is 19.2 Å². The van der Waals surface area contributed by atoms with Crippen LogP contribution in [-0.4, -0.2) is 62.3 Å². The van der Waals surface area contributed by atoms with Crippen molar-refractivity contribution in [2.75, 3.05) is 33.4 Å². The zero-order chi connectivity index (χ0) is 13.2. The molecular formula is C9H13N3O5S. The topological polar surface area (TPSA) is 102 Å². The van der Waals surface area contributed by atoms with E-state index in [1.165, 1.54) is 11.4 Å². The van der Waals surface area contributed by atoms with E-state index >= 15 is 0 Å². The Labute approximate surface area is 104 Å². The molecule has 9 heteroatoms. The van der Waals surface area contributed by atoms with E-state index in [1.807, 2.05) is 0 Å². The van der Waals surface area contributed by atoms with Crippen LogP contribution in [0.15, 0.2) is 11.1 Å². The maximum absolute atomic E-state index is 12.2. The van der Waals surface area contributed by atoms with Crippen molar-refractivity contribution in [3.63, 3.8) is 0 Å². The van der Waals surface area contributed by atoms with E-state index in [0.717, 1.165) is 6.07 Å². The van der Waals surface area contributed by atoms with Gasteiger partial charge in [-0.1, -0.05) is 0 Å². The van der Waals surface area contributed by atoms with Crippen LogP contribution in [0.5, 0.6) is 0 Å². The Morgan fingerprint density at radius 1 is 1.50 bits per heavy atom. The summed E-state index contributed by atoms with van der Waals surface area (Å²) in [5.41, 5.74) is -0.0654. The number of rotatable bonds is 3. The number of carbonyl (C=O) groups is 1. The third-order valence-corrected chi connectivity index (χ3v) is 4.35. The number of nitrogens with zero attached hydrogens (tertiary/aromatic N) is 2. The first-order valence-corrected chi connectivity index (χ1v) is 6.71. The van der Waals surface area contributed by atoms with Gasteiger partial charge >= 0.3 is 5.97 Å². The van der Waals surface area contributed by atoms with Crippen LogP contribution in [0.1, 0.15) is 10.5 Å². The summed E-state index contributed by atoms with van der Waals surface area (Å²) in [6.07, 6.45) is 0. The van der Waals surface area contributed by atoms with Crippen molar-refractivity contribution in [2.24, 2.45) is 0 Å². The minimum Gasteiger partial charge on any atom is -0.464 e. The summed E-state index contributed by atoms with van der Waals surface area (Å²) >= 11 is 0. The molecule has 0 aliphatic carbocycles. The third kappa shape index (κ3) is 2.37. The first-order valence-electron chi connectivity index (χ1n) is 5.27. The van der Waals surface area contributed by atoms with Gasteiger partial charge in [0.25, 0.3) is 10.0 Å². The smallest absolute Gasteiger partial charge is 0.358 e. The van der Waals surface area contributed by atoms with Crippen molar-refractivity contribution in [1.29, 1.82) is 0 Å². The van der Waals surface area contributed by atoms with Crippen molar-refractivity contribution in [3.8, 4) is 0 Å². The number of hydrogen-bond acceptors (Lipinski definition) is 6. The van der Waals surface area contributed by atoms with Gasteiger partial charge in [-0.2, -0.15) is 9.40 Å². The Balaban J connectivity index is 2.24. The molecule has 18 heavy (non-hydrogen) atoms. The fourth-order valence-corrected chi connectivity index (χ4v) is 2.90. The van der Waals surface area contributed by atoms with Crippen LogP contribution in [0.3, 0.4) is 0 Å². The van der Waals surface area contributed by atoms with E-state index in [1.54, 1.807) is 0 Å².